The second kappa shape index (κ2) is 8.53. The highest BCUT2D eigenvalue weighted by atomic mass is 35.5. The molecule has 0 aliphatic carbocycles. The molecule has 30 heavy (non-hydrogen) atoms. The smallest absolute Gasteiger partial charge is 0.344 e. The van der Waals surface area contributed by atoms with Gasteiger partial charge in [0.2, 0.25) is 5.43 Å². The monoisotopic (exact) mass is 452 g/mol. The van der Waals surface area contributed by atoms with E-state index < -0.39 is 23.0 Å². The Kier molecular flexibility index (Phi) is 6.24. The first-order chi connectivity index (χ1) is 14.2. The van der Waals surface area contributed by atoms with Gasteiger partial charge >= 0.3 is 5.97 Å². The number of hydrogen-bond acceptors (Lipinski definition) is 4. The third-order valence-corrected chi connectivity index (χ3v) is 5.39. The van der Waals surface area contributed by atoms with Gasteiger partial charge in [0, 0.05) is 35.6 Å². The molecule has 2 aromatic heterocycles. The van der Waals surface area contributed by atoms with E-state index in [1.54, 1.807) is 18.4 Å². The molecule has 0 spiro atoms. The molecular formula is C21H16Cl2F2N2O3. The summed E-state index contributed by atoms with van der Waals surface area (Å²) in [5, 5.41) is 0.193. The summed E-state index contributed by atoms with van der Waals surface area (Å²) in [6, 6.07) is 4.36. The fourth-order valence-corrected chi connectivity index (χ4v) is 3.65. The van der Waals surface area contributed by atoms with Crippen LogP contribution in [-0.4, -0.2) is 22.6 Å². The number of carbonyl (C=O) groups is 1. The zero-order chi connectivity index (χ0) is 22.2. The van der Waals surface area contributed by atoms with Crippen molar-refractivity contribution < 1.29 is 18.3 Å². The highest BCUT2D eigenvalue weighted by molar-refractivity contribution is 6.41. The minimum Gasteiger partial charge on any atom is -0.465 e. The molecule has 3 aromatic rings. The highest BCUT2D eigenvalue weighted by Gasteiger charge is 2.28. The summed E-state index contributed by atoms with van der Waals surface area (Å²) in [6.45, 7) is 3.72. The van der Waals surface area contributed by atoms with Gasteiger partial charge in [-0.3, -0.25) is 4.79 Å². The summed E-state index contributed by atoms with van der Waals surface area (Å²) in [4.78, 5) is 30.0. The predicted octanol–water partition coefficient (Wildman–Crippen LogP) is 5.28. The average Bonchev–Trinajstić information content (AvgIpc) is 2.70. The van der Waals surface area contributed by atoms with Crippen LogP contribution in [0.4, 0.5) is 8.78 Å². The number of halogens is 4. The van der Waals surface area contributed by atoms with Crippen LogP contribution >= 0.6 is 23.2 Å². The van der Waals surface area contributed by atoms with Crippen LogP contribution in [0, 0.1) is 18.6 Å². The number of nitrogens with zero attached hydrogens (tertiary/aromatic N) is 2. The lowest BCUT2D eigenvalue weighted by Gasteiger charge is -2.21. The van der Waals surface area contributed by atoms with Crippen molar-refractivity contribution in [3.63, 3.8) is 0 Å². The van der Waals surface area contributed by atoms with Gasteiger partial charge in [0.15, 0.2) is 0 Å². The lowest BCUT2D eigenvalue weighted by atomic mass is 9.96. The predicted molar refractivity (Wildman–Crippen MR) is 111 cm³/mol. The molecule has 0 radical (unpaired) electrons. The Morgan fingerprint density at radius 2 is 1.93 bits per heavy atom. The van der Waals surface area contributed by atoms with Gasteiger partial charge in [-0.2, -0.15) is 0 Å². The van der Waals surface area contributed by atoms with Crippen LogP contribution in [0.15, 0.2) is 35.3 Å². The Balaban J connectivity index is 2.49. The quantitative estimate of drug-likeness (QED) is 0.399. The molecule has 0 saturated carbocycles. The van der Waals surface area contributed by atoms with Crippen molar-refractivity contribution in [1.82, 2.24) is 9.55 Å². The molecule has 0 aliphatic heterocycles. The normalized spacial score (nSPS) is 10.9. The highest BCUT2D eigenvalue weighted by Crippen LogP contribution is 2.33. The molecule has 0 atom stereocenters. The minimum atomic E-state index is -0.919. The molecule has 0 aliphatic rings. The van der Waals surface area contributed by atoms with Gasteiger partial charge in [0.05, 0.1) is 23.4 Å². The van der Waals surface area contributed by atoms with E-state index >= 15 is 0 Å². The van der Waals surface area contributed by atoms with Crippen LogP contribution in [0.25, 0.3) is 22.4 Å². The third kappa shape index (κ3) is 3.70. The number of pyridine rings is 2. The summed E-state index contributed by atoms with van der Waals surface area (Å²) in [5.74, 6) is -2.61. The first-order valence-corrected chi connectivity index (χ1v) is 9.59. The second-order valence-corrected chi connectivity index (χ2v) is 7.13. The van der Waals surface area contributed by atoms with Crippen molar-refractivity contribution in [3.05, 3.63) is 73.8 Å². The van der Waals surface area contributed by atoms with Crippen LogP contribution in [0.5, 0.6) is 0 Å². The van der Waals surface area contributed by atoms with Crippen molar-refractivity contribution in [2.75, 3.05) is 7.11 Å². The number of carbonyl (C=O) groups excluding carboxylic acids is 1. The molecule has 0 bridgehead atoms. The fourth-order valence-electron chi connectivity index (χ4n) is 3.38. The number of rotatable bonds is 4. The number of benzene rings is 1. The van der Waals surface area contributed by atoms with E-state index in [0.717, 1.165) is 19.2 Å². The van der Waals surface area contributed by atoms with Gasteiger partial charge in [0.25, 0.3) is 0 Å². The van der Waals surface area contributed by atoms with Gasteiger partial charge < -0.3 is 9.30 Å². The van der Waals surface area contributed by atoms with E-state index in [0.29, 0.717) is 23.9 Å². The van der Waals surface area contributed by atoms with Crippen LogP contribution in [0.1, 0.15) is 23.0 Å². The van der Waals surface area contributed by atoms with E-state index in [2.05, 4.69) is 4.98 Å². The second-order valence-electron chi connectivity index (χ2n) is 6.37. The molecule has 1 aromatic carbocycles. The van der Waals surface area contributed by atoms with Gasteiger partial charge in [-0.15, -0.1) is 0 Å². The van der Waals surface area contributed by atoms with Crippen LogP contribution in [-0.2, 0) is 11.3 Å². The van der Waals surface area contributed by atoms with Gasteiger partial charge in [-0.1, -0.05) is 23.2 Å². The molecule has 156 valence electrons. The first kappa shape index (κ1) is 21.9. The zero-order valence-corrected chi connectivity index (χ0v) is 17.7. The molecular weight excluding hydrogens is 437 g/mol. The maximum absolute atomic E-state index is 14.5. The Bertz CT molecular complexity index is 1230. The number of aromatic nitrogens is 2. The van der Waals surface area contributed by atoms with Crippen molar-refractivity contribution in [3.8, 4) is 22.4 Å². The average molecular weight is 453 g/mol. The van der Waals surface area contributed by atoms with E-state index in [1.807, 2.05) is 0 Å². The summed E-state index contributed by atoms with van der Waals surface area (Å²) in [6.07, 6.45) is 1.37. The van der Waals surface area contributed by atoms with E-state index in [-0.39, 0.29) is 32.6 Å². The Labute approximate surface area is 180 Å². The molecule has 0 fully saturated rings. The number of esters is 1. The number of ether oxygens (including phenoxy) is 1. The molecule has 3 rings (SSSR count). The van der Waals surface area contributed by atoms with Crippen molar-refractivity contribution >= 4 is 29.2 Å². The molecule has 0 amide bonds. The van der Waals surface area contributed by atoms with Crippen LogP contribution in [0.3, 0.4) is 0 Å². The fraction of sp³-hybridized carbons (Fsp3) is 0.190. The SMILES string of the molecule is CCn1c(C)c(-c2ccc(F)cc2F)c(=O)c(C(=O)OC)c1-c1cnc(Cl)c(Cl)c1. The van der Waals surface area contributed by atoms with E-state index in [4.69, 9.17) is 27.9 Å². The van der Waals surface area contributed by atoms with Crippen LogP contribution in [0.2, 0.25) is 10.2 Å². The van der Waals surface area contributed by atoms with Crippen LogP contribution < -0.4 is 5.43 Å². The lowest BCUT2D eigenvalue weighted by Crippen LogP contribution is -2.26. The number of methoxy groups -OCH3 is 1. The van der Waals surface area contributed by atoms with Crippen molar-refractivity contribution in [1.29, 1.82) is 0 Å². The van der Waals surface area contributed by atoms with E-state index in [1.165, 1.54) is 12.3 Å². The maximum Gasteiger partial charge on any atom is 0.344 e. The van der Waals surface area contributed by atoms with Crippen molar-refractivity contribution in [2.24, 2.45) is 0 Å². The largest absolute Gasteiger partial charge is 0.465 e. The standard InChI is InChI=1S/C21H16Cl2F2N2O3/c1-4-27-10(2)16(13-6-5-12(24)8-15(13)25)19(28)17(21(29)30-3)18(27)11-7-14(22)20(23)26-9-11/h5-9H,4H2,1-3H3. The first-order valence-electron chi connectivity index (χ1n) is 8.83. The van der Waals surface area contributed by atoms with Gasteiger partial charge in [-0.25, -0.2) is 18.6 Å². The molecule has 0 saturated heterocycles. The van der Waals surface area contributed by atoms with Gasteiger partial charge in [0.1, 0.15) is 22.4 Å². The Morgan fingerprint density at radius 1 is 1.23 bits per heavy atom. The Hall–Kier alpha value is -2.77. The summed E-state index contributed by atoms with van der Waals surface area (Å²) in [5.41, 5.74) is -0.306. The lowest BCUT2D eigenvalue weighted by molar-refractivity contribution is 0.0599. The Morgan fingerprint density at radius 3 is 2.50 bits per heavy atom. The summed E-state index contributed by atoms with van der Waals surface area (Å²) in [7, 11) is 1.13. The number of hydrogen-bond donors (Lipinski definition) is 0. The zero-order valence-electron chi connectivity index (χ0n) is 16.2. The summed E-state index contributed by atoms with van der Waals surface area (Å²) < 4.78 is 34.4. The molecule has 2 heterocycles. The molecule has 9 heteroatoms. The van der Waals surface area contributed by atoms with E-state index in [9.17, 15) is 18.4 Å². The van der Waals surface area contributed by atoms with Crippen molar-refractivity contribution in [2.45, 2.75) is 20.4 Å². The molecule has 5 nitrogen and oxygen atoms in total. The topological polar surface area (TPSA) is 61.2 Å². The molecule has 0 N–H and O–H groups in total. The maximum atomic E-state index is 14.5. The van der Waals surface area contributed by atoms with Gasteiger partial charge in [-0.05, 0) is 32.0 Å². The molecule has 0 unspecified atom stereocenters. The summed E-state index contributed by atoms with van der Waals surface area (Å²) >= 11 is 12.0. The minimum absolute atomic E-state index is 0.0622. The third-order valence-electron chi connectivity index (χ3n) is 4.70.